The standard InChI is InChI=1S/C6H6IN3O2/c7-5-1-4(3-8)2-6(9-5)10(11)12/h1-2H,3,8H2. The van der Waals surface area contributed by atoms with E-state index in [2.05, 4.69) is 4.98 Å². The molecule has 0 aliphatic rings. The summed E-state index contributed by atoms with van der Waals surface area (Å²) in [6, 6.07) is 3.09. The predicted octanol–water partition coefficient (Wildman–Crippen LogP) is 1.05. The molecule has 0 radical (unpaired) electrons. The molecule has 0 aliphatic heterocycles. The highest BCUT2D eigenvalue weighted by atomic mass is 127. The van der Waals surface area contributed by atoms with Crippen LogP contribution in [0.2, 0.25) is 0 Å². The lowest BCUT2D eigenvalue weighted by Crippen LogP contribution is -2.00. The van der Waals surface area contributed by atoms with Gasteiger partial charge in [0.1, 0.15) is 0 Å². The van der Waals surface area contributed by atoms with Gasteiger partial charge in [0, 0.05) is 41.3 Å². The summed E-state index contributed by atoms with van der Waals surface area (Å²) in [6.45, 7) is 0.291. The van der Waals surface area contributed by atoms with E-state index in [0.717, 1.165) is 5.56 Å². The van der Waals surface area contributed by atoms with Gasteiger partial charge < -0.3 is 15.8 Å². The summed E-state index contributed by atoms with van der Waals surface area (Å²) >= 11 is 1.92. The molecule has 0 bridgehead atoms. The SMILES string of the molecule is NCc1cc(I)nc([N+](=O)[O-])c1. The minimum absolute atomic E-state index is 0.151. The van der Waals surface area contributed by atoms with Crippen LogP contribution in [0.3, 0.4) is 0 Å². The zero-order chi connectivity index (χ0) is 9.14. The van der Waals surface area contributed by atoms with Gasteiger partial charge in [-0.25, -0.2) is 0 Å². The van der Waals surface area contributed by atoms with Gasteiger partial charge in [-0.05, 0) is 15.5 Å². The maximum Gasteiger partial charge on any atom is 0.364 e. The molecule has 2 N–H and O–H groups in total. The van der Waals surface area contributed by atoms with E-state index in [9.17, 15) is 10.1 Å². The van der Waals surface area contributed by atoms with Crippen LogP contribution in [0.15, 0.2) is 12.1 Å². The molecule has 0 amide bonds. The number of nitrogens with zero attached hydrogens (tertiary/aromatic N) is 2. The van der Waals surface area contributed by atoms with Gasteiger partial charge in [0.15, 0.2) is 0 Å². The van der Waals surface area contributed by atoms with Crippen LogP contribution >= 0.6 is 22.6 Å². The third-order valence-corrected chi connectivity index (χ3v) is 1.82. The molecule has 64 valence electrons. The Morgan fingerprint density at radius 1 is 1.67 bits per heavy atom. The summed E-state index contributed by atoms with van der Waals surface area (Å²) in [6.07, 6.45) is 0. The van der Waals surface area contributed by atoms with Crippen molar-refractivity contribution < 1.29 is 4.92 Å². The van der Waals surface area contributed by atoms with Crippen LogP contribution in [-0.4, -0.2) is 9.91 Å². The Morgan fingerprint density at radius 2 is 2.33 bits per heavy atom. The predicted molar refractivity (Wildman–Crippen MR) is 51.5 cm³/mol. The number of nitro groups is 1. The smallest absolute Gasteiger partial charge is 0.358 e. The zero-order valence-electron chi connectivity index (χ0n) is 6.03. The third-order valence-electron chi connectivity index (χ3n) is 1.26. The van der Waals surface area contributed by atoms with Crippen molar-refractivity contribution in [2.45, 2.75) is 6.54 Å². The fourth-order valence-corrected chi connectivity index (χ4v) is 1.39. The fraction of sp³-hybridized carbons (Fsp3) is 0.167. The first-order chi connectivity index (χ1) is 5.63. The lowest BCUT2D eigenvalue weighted by Gasteiger charge is -1.95. The van der Waals surface area contributed by atoms with E-state index in [0.29, 0.717) is 10.2 Å². The molecule has 0 aromatic carbocycles. The Morgan fingerprint density at radius 3 is 2.83 bits per heavy atom. The second-order valence-corrected chi connectivity index (χ2v) is 3.22. The maximum atomic E-state index is 10.3. The van der Waals surface area contributed by atoms with Crippen LogP contribution < -0.4 is 5.73 Å². The quantitative estimate of drug-likeness (QED) is 0.379. The fourth-order valence-electron chi connectivity index (χ4n) is 0.746. The Kier molecular flexibility index (Phi) is 2.93. The number of pyridine rings is 1. The average molecular weight is 279 g/mol. The number of hydrogen-bond donors (Lipinski definition) is 1. The van der Waals surface area contributed by atoms with Crippen LogP contribution in [0, 0.1) is 13.8 Å². The van der Waals surface area contributed by atoms with E-state index >= 15 is 0 Å². The Labute approximate surface area is 82.3 Å². The van der Waals surface area contributed by atoms with Crippen molar-refractivity contribution in [2.24, 2.45) is 5.73 Å². The van der Waals surface area contributed by atoms with Gasteiger partial charge in [0.2, 0.25) is 3.70 Å². The lowest BCUT2D eigenvalue weighted by molar-refractivity contribution is -0.389. The lowest BCUT2D eigenvalue weighted by atomic mass is 10.3. The molecule has 0 aliphatic carbocycles. The van der Waals surface area contributed by atoms with Gasteiger partial charge >= 0.3 is 5.82 Å². The second-order valence-electron chi connectivity index (χ2n) is 2.12. The van der Waals surface area contributed by atoms with Crippen molar-refractivity contribution in [3.8, 4) is 0 Å². The Balaban J connectivity index is 3.15. The van der Waals surface area contributed by atoms with Crippen LogP contribution in [0.5, 0.6) is 0 Å². The van der Waals surface area contributed by atoms with E-state index in [-0.39, 0.29) is 5.82 Å². The molecular formula is C6H6IN3O2. The topological polar surface area (TPSA) is 82.0 Å². The molecule has 1 aromatic heterocycles. The summed E-state index contributed by atoms with van der Waals surface area (Å²) < 4.78 is 0.585. The summed E-state index contributed by atoms with van der Waals surface area (Å²) in [5, 5.41) is 10.3. The van der Waals surface area contributed by atoms with Crippen molar-refractivity contribution in [2.75, 3.05) is 0 Å². The number of nitrogens with two attached hydrogens (primary N) is 1. The van der Waals surface area contributed by atoms with Gasteiger partial charge in [-0.1, -0.05) is 0 Å². The molecular weight excluding hydrogens is 273 g/mol. The first-order valence-electron chi connectivity index (χ1n) is 3.14. The van der Waals surface area contributed by atoms with E-state index in [4.69, 9.17) is 5.73 Å². The highest BCUT2D eigenvalue weighted by Crippen LogP contribution is 2.13. The van der Waals surface area contributed by atoms with Gasteiger partial charge in [0.05, 0.1) is 0 Å². The molecule has 5 nitrogen and oxygen atoms in total. The minimum atomic E-state index is -0.526. The number of rotatable bonds is 2. The summed E-state index contributed by atoms with van der Waals surface area (Å²) in [4.78, 5) is 13.5. The van der Waals surface area contributed by atoms with Gasteiger partial charge in [-0.15, -0.1) is 0 Å². The minimum Gasteiger partial charge on any atom is -0.358 e. The monoisotopic (exact) mass is 279 g/mol. The highest BCUT2D eigenvalue weighted by Gasteiger charge is 2.10. The molecule has 12 heavy (non-hydrogen) atoms. The molecule has 6 heteroatoms. The molecule has 1 rings (SSSR count). The van der Waals surface area contributed by atoms with Crippen molar-refractivity contribution in [1.29, 1.82) is 0 Å². The third kappa shape index (κ3) is 2.11. The normalized spacial score (nSPS) is 9.83. The summed E-state index contributed by atoms with van der Waals surface area (Å²) in [7, 11) is 0. The molecule has 0 saturated carbocycles. The Bertz CT molecular complexity index is 316. The average Bonchev–Trinajstić information content (AvgIpc) is 2.03. The number of halogens is 1. The van der Waals surface area contributed by atoms with Crippen LogP contribution in [0.4, 0.5) is 5.82 Å². The molecule has 0 saturated heterocycles. The summed E-state index contributed by atoms with van der Waals surface area (Å²) in [5.74, 6) is -0.151. The van der Waals surface area contributed by atoms with E-state index in [1.165, 1.54) is 6.07 Å². The molecule has 0 atom stereocenters. The van der Waals surface area contributed by atoms with Crippen LogP contribution in [-0.2, 0) is 6.54 Å². The molecule has 1 heterocycles. The van der Waals surface area contributed by atoms with Gasteiger partial charge in [-0.3, -0.25) is 0 Å². The van der Waals surface area contributed by atoms with Crippen molar-refractivity contribution in [3.05, 3.63) is 31.5 Å². The second kappa shape index (κ2) is 3.76. The van der Waals surface area contributed by atoms with Crippen molar-refractivity contribution in [1.82, 2.24) is 4.98 Å². The molecule has 0 fully saturated rings. The van der Waals surface area contributed by atoms with Gasteiger partial charge in [-0.2, -0.15) is 0 Å². The van der Waals surface area contributed by atoms with Crippen molar-refractivity contribution in [3.63, 3.8) is 0 Å². The maximum absolute atomic E-state index is 10.3. The first kappa shape index (κ1) is 9.33. The largest absolute Gasteiger partial charge is 0.364 e. The summed E-state index contributed by atoms with van der Waals surface area (Å²) in [5.41, 5.74) is 6.06. The van der Waals surface area contributed by atoms with Crippen LogP contribution in [0.1, 0.15) is 5.56 Å². The zero-order valence-corrected chi connectivity index (χ0v) is 8.19. The molecule has 0 unspecified atom stereocenters. The van der Waals surface area contributed by atoms with Gasteiger partial charge in [0.25, 0.3) is 0 Å². The number of hydrogen-bond acceptors (Lipinski definition) is 4. The highest BCUT2D eigenvalue weighted by molar-refractivity contribution is 14.1. The van der Waals surface area contributed by atoms with Crippen LogP contribution in [0.25, 0.3) is 0 Å². The van der Waals surface area contributed by atoms with Crippen molar-refractivity contribution >= 4 is 28.4 Å². The molecule has 1 aromatic rings. The van der Waals surface area contributed by atoms with E-state index in [1.807, 2.05) is 22.6 Å². The Hall–Kier alpha value is -0.760. The first-order valence-corrected chi connectivity index (χ1v) is 4.22. The molecule has 0 spiro atoms. The number of aromatic nitrogens is 1. The van der Waals surface area contributed by atoms with E-state index < -0.39 is 4.92 Å². The van der Waals surface area contributed by atoms with E-state index in [1.54, 1.807) is 6.07 Å².